The van der Waals surface area contributed by atoms with Crippen LogP contribution >= 0.6 is 11.5 Å². The number of hydrogen-bond donors (Lipinski definition) is 2. The molecule has 1 aromatic heterocycles. The second-order valence-electron chi connectivity index (χ2n) is 3.05. The maximum atomic E-state index is 12.1. The highest BCUT2D eigenvalue weighted by molar-refractivity contribution is 7.09. The standard InChI is InChI=1S/C8H11F3N4OS/c1-2-12-5(16)3-4-13-7-14-6(15-17-7)8(9,10)11/h2-4H2,1H3,(H,12,16)(H,13,14,15). The van der Waals surface area contributed by atoms with Crippen molar-refractivity contribution < 1.29 is 18.0 Å². The number of aromatic nitrogens is 2. The number of rotatable bonds is 5. The van der Waals surface area contributed by atoms with Crippen LogP contribution in [-0.2, 0) is 11.0 Å². The lowest BCUT2D eigenvalue weighted by Gasteiger charge is -2.02. The Balaban J connectivity index is 2.38. The molecule has 0 atom stereocenters. The minimum absolute atomic E-state index is 0.0571. The van der Waals surface area contributed by atoms with Gasteiger partial charge in [-0.25, -0.2) is 0 Å². The first-order valence-corrected chi connectivity index (χ1v) is 5.62. The summed E-state index contributed by atoms with van der Waals surface area (Å²) in [7, 11) is 0. The predicted molar refractivity (Wildman–Crippen MR) is 56.7 cm³/mol. The van der Waals surface area contributed by atoms with Gasteiger partial charge in [-0.05, 0) is 6.92 Å². The fourth-order valence-corrected chi connectivity index (χ4v) is 1.59. The minimum atomic E-state index is -4.53. The molecule has 0 spiro atoms. The molecule has 0 fully saturated rings. The number of carbonyl (C=O) groups is 1. The lowest BCUT2D eigenvalue weighted by molar-refractivity contribution is -0.144. The molecule has 0 bridgehead atoms. The van der Waals surface area contributed by atoms with Gasteiger partial charge in [0, 0.05) is 31.0 Å². The van der Waals surface area contributed by atoms with Crippen molar-refractivity contribution in [3.63, 3.8) is 0 Å². The van der Waals surface area contributed by atoms with E-state index in [-0.39, 0.29) is 24.0 Å². The predicted octanol–water partition coefficient (Wildman–Crippen LogP) is 1.49. The Hall–Kier alpha value is -1.38. The first-order valence-electron chi connectivity index (χ1n) is 4.85. The molecule has 1 amide bonds. The molecule has 5 nitrogen and oxygen atoms in total. The molecular weight excluding hydrogens is 257 g/mol. The van der Waals surface area contributed by atoms with Crippen LogP contribution in [0, 0.1) is 0 Å². The maximum Gasteiger partial charge on any atom is 0.452 e. The first-order chi connectivity index (χ1) is 7.93. The summed E-state index contributed by atoms with van der Waals surface area (Å²) in [5.41, 5.74) is 0. The fraction of sp³-hybridized carbons (Fsp3) is 0.625. The number of anilines is 1. The Morgan fingerprint density at radius 1 is 1.47 bits per heavy atom. The van der Waals surface area contributed by atoms with Crippen molar-refractivity contribution in [3.05, 3.63) is 5.82 Å². The Bertz CT molecular complexity index is 379. The van der Waals surface area contributed by atoms with Crippen molar-refractivity contribution >= 4 is 22.6 Å². The first kappa shape index (κ1) is 13.7. The van der Waals surface area contributed by atoms with Gasteiger partial charge in [0.2, 0.25) is 16.9 Å². The zero-order chi connectivity index (χ0) is 12.9. The molecule has 2 N–H and O–H groups in total. The van der Waals surface area contributed by atoms with Gasteiger partial charge in [-0.3, -0.25) is 4.79 Å². The number of carbonyl (C=O) groups excluding carboxylic acids is 1. The topological polar surface area (TPSA) is 66.9 Å². The summed E-state index contributed by atoms with van der Waals surface area (Å²) >= 11 is 0.618. The van der Waals surface area contributed by atoms with Crippen LogP contribution in [0.1, 0.15) is 19.2 Å². The van der Waals surface area contributed by atoms with E-state index < -0.39 is 12.0 Å². The Morgan fingerprint density at radius 2 is 2.18 bits per heavy atom. The fourth-order valence-electron chi connectivity index (χ4n) is 0.979. The molecule has 1 heterocycles. The Labute approximate surface area is 99.6 Å². The van der Waals surface area contributed by atoms with Crippen LogP contribution in [0.4, 0.5) is 18.3 Å². The number of nitrogens with one attached hydrogen (secondary N) is 2. The molecule has 0 saturated heterocycles. The average Bonchev–Trinajstić information content (AvgIpc) is 2.66. The number of hydrogen-bond acceptors (Lipinski definition) is 5. The molecule has 0 unspecified atom stereocenters. The van der Waals surface area contributed by atoms with E-state index in [1.807, 2.05) is 0 Å². The molecular formula is C8H11F3N4OS. The Kier molecular flexibility index (Phi) is 4.67. The van der Waals surface area contributed by atoms with E-state index in [1.165, 1.54) is 0 Å². The summed E-state index contributed by atoms with van der Waals surface area (Å²) < 4.78 is 39.6. The van der Waals surface area contributed by atoms with Gasteiger partial charge in [-0.1, -0.05) is 0 Å². The van der Waals surface area contributed by atoms with Crippen LogP contribution in [0.3, 0.4) is 0 Å². The molecule has 96 valence electrons. The number of alkyl halides is 3. The maximum absolute atomic E-state index is 12.1. The van der Waals surface area contributed by atoms with Gasteiger partial charge in [-0.2, -0.15) is 22.5 Å². The van der Waals surface area contributed by atoms with Crippen molar-refractivity contribution in [2.45, 2.75) is 19.5 Å². The van der Waals surface area contributed by atoms with Gasteiger partial charge in [-0.15, -0.1) is 0 Å². The van der Waals surface area contributed by atoms with Crippen LogP contribution < -0.4 is 10.6 Å². The third-order valence-corrected chi connectivity index (χ3v) is 2.35. The lowest BCUT2D eigenvalue weighted by atomic mass is 10.4. The molecule has 9 heteroatoms. The zero-order valence-corrected chi connectivity index (χ0v) is 9.78. The summed E-state index contributed by atoms with van der Waals surface area (Å²) in [6.07, 6.45) is -4.36. The second-order valence-corrected chi connectivity index (χ2v) is 3.80. The average molecular weight is 268 g/mol. The molecule has 0 aliphatic rings. The highest BCUT2D eigenvalue weighted by Gasteiger charge is 2.36. The summed E-state index contributed by atoms with van der Waals surface area (Å²) in [5.74, 6) is -1.33. The van der Waals surface area contributed by atoms with Crippen LogP contribution in [0.2, 0.25) is 0 Å². The molecule has 0 aliphatic heterocycles. The van der Waals surface area contributed by atoms with Crippen LogP contribution in [0.5, 0.6) is 0 Å². The van der Waals surface area contributed by atoms with Crippen molar-refractivity contribution in [1.29, 1.82) is 0 Å². The van der Waals surface area contributed by atoms with Crippen molar-refractivity contribution in [2.24, 2.45) is 0 Å². The van der Waals surface area contributed by atoms with Crippen LogP contribution in [-0.4, -0.2) is 28.4 Å². The molecule has 17 heavy (non-hydrogen) atoms. The van der Waals surface area contributed by atoms with Gasteiger partial charge < -0.3 is 10.6 Å². The normalized spacial score (nSPS) is 11.3. The van der Waals surface area contributed by atoms with Crippen molar-refractivity contribution in [3.8, 4) is 0 Å². The van der Waals surface area contributed by atoms with E-state index in [1.54, 1.807) is 6.92 Å². The summed E-state index contributed by atoms with van der Waals surface area (Å²) in [5, 5.41) is 5.24. The number of nitrogens with zero attached hydrogens (tertiary/aromatic N) is 2. The van der Waals surface area contributed by atoms with E-state index in [0.717, 1.165) is 0 Å². The van der Waals surface area contributed by atoms with E-state index in [4.69, 9.17) is 0 Å². The van der Waals surface area contributed by atoms with Gasteiger partial charge in [0.1, 0.15) is 0 Å². The van der Waals surface area contributed by atoms with E-state index >= 15 is 0 Å². The van der Waals surface area contributed by atoms with Gasteiger partial charge in [0.05, 0.1) is 0 Å². The monoisotopic (exact) mass is 268 g/mol. The lowest BCUT2D eigenvalue weighted by Crippen LogP contribution is -2.24. The third-order valence-electron chi connectivity index (χ3n) is 1.68. The minimum Gasteiger partial charge on any atom is -0.360 e. The SMILES string of the molecule is CCNC(=O)CCNc1nc(C(F)(F)F)ns1. The highest BCUT2D eigenvalue weighted by Crippen LogP contribution is 2.28. The molecule has 0 saturated carbocycles. The second kappa shape index (κ2) is 5.80. The Morgan fingerprint density at radius 3 is 2.71 bits per heavy atom. The van der Waals surface area contributed by atoms with E-state index in [9.17, 15) is 18.0 Å². The molecule has 0 radical (unpaired) electrons. The van der Waals surface area contributed by atoms with Gasteiger partial charge in [0.25, 0.3) is 0 Å². The van der Waals surface area contributed by atoms with E-state index in [0.29, 0.717) is 18.1 Å². The van der Waals surface area contributed by atoms with Crippen LogP contribution in [0.25, 0.3) is 0 Å². The molecule has 0 aromatic carbocycles. The van der Waals surface area contributed by atoms with Gasteiger partial charge >= 0.3 is 6.18 Å². The van der Waals surface area contributed by atoms with Gasteiger partial charge in [0.15, 0.2) is 0 Å². The van der Waals surface area contributed by atoms with Crippen molar-refractivity contribution in [1.82, 2.24) is 14.7 Å². The third kappa shape index (κ3) is 4.55. The summed E-state index contributed by atoms with van der Waals surface area (Å²) in [6, 6.07) is 0. The van der Waals surface area contributed by atoms with E-state index in [2.05, 4.69) is 20.0 Å². The zero-order valence-electron chi connectivity index (χ0n) is 8.97. The summed E-state index contributed by atoms with van der Waals surface area (Å²) in [4.78, 5) is 14.3. The quantitative estimate of drug-likeness (QED) is 0.849. The highest BCUT2D eigenvalue weighted by atomic mass is 32.1. The number of halogens is 3. The molecule has 1 aromatic rings. The largest absolute Gasteiger partial charge is 0.452 e. The van der Waals surface area contributed by atoms with Crippen LogP contribution in [0.15, 0.2) is 0 Å². The molecule has 0 aliphatic carbocycles. The smallest absolute Gasteiger partial charge is 0.360 e. The van der Waals surface area contributed by atoms with Crippen molar-refractivity contribution in [2.75, 3.05) is 18.4 Å². The summed E-state index contributed by atoms with van der Waals surface area (Å²) in [6.45, 7) is 2.53. The molecule has 1 rings (SSSR count). The number of amides is 1.